The zero-order valence-corrected chi connectivity index (χ0v) is 17.7. The van der Waals surface area contributed by atoms with Gasteiger partial charge in [0.05, 0.1) is 19.8 Å². The molecule has 2 bridgehead atoms. The van der Waals surface area contributed by atoms with Crippen LogP contribution in [0.3, 0.4) is 0 Å². The van der Waals surface area contributed by atoms with Gasteiger partial charge >= 0.3 is 0 Å². The second-order valence-electron chi connectivity index (χ2n) is 9.88. The fourth-order valence-electron chi connectivity index (χ4n) is 6.72. The molecule has 1 aromatic rings. The molecule has 0 radical (unpaired) electrons. The molecule has 27 heavy (non-hydrogen) atoms. The average molecular weight is 373 g/mol. The molecule has 4 atom stereocenters. The molecule has 2 unspecified atom stereocenters. The van der Waals surface area contributed by atoms with E-state index >= 15 is 0 Å². The van der Waals surface area contributed by atoms with Crippen LogP contribution in [0.2, 0.25) is 0 Å². The van der Waals surface area contributed by atoms with Crippen molar-refractivity contribution >= 4 is 0 Å². The number of nitrogens with zero attached hydrogens (tertiary/aromatic N) is 1. The molecule has 150 valence electrons. The predicted octanol–water partition coefficient (Wildman–Crippen LogP) is 4.86. The Balaban J connectivity index is 1.72. The molecule has 0 aromatic heterocycles. The Hall–Kier alpha value is -0.900. The highest BCUT2D eigenvalue weighted by molar-refractivity contribution is 5.14. The van der Waals surface area contributed by atoms with Crippen LogP contribution < -0.4 is 0 Å². The molecule has 4 aliphatic rings. The molecule has 1 saturated heterocycles. The van der Waals surface area contributed by atoms with Crippen LogP contribution in [0.1, 0.15) is 52.5 Å². The van der Waals surface area contributed by atoms with Gasteiger partial charge in [0.25, 0.3) is 0 Å². The summed E-state index contributed by atoms with van der Waals surface area (Å²) in [6.07, 6.45) is 4.10. The minimum Gasteiger partial charge on any atom is -0.370 e. The van der Waals surface area contributed by atoms with Gasteiger partial charge in [-0.15, -0.1) is 0 Å². The number of hydrogen-bond acceptors (Lipinski definition) is 2. The van der Waals surface area contributed by atoms with E-state index in [1.54, 1.807) is 0 Å². The maximum absolute atomic E-state index is 6.79. The molecule has 3 saturated carbocycles. The quantitative estimate of drug-likeness (QED) is 0.664. The zero-order chi connectivity index (χ0) is 19.1. The third-order valence-electron chi connectivity index (χ3n) is 8.58. The van der Waals surface area contributed by atoms with E-state index in [9.17, 15) is 0 Å². The number of quaternary nitrogens is 1. The molecule has 1 aliphatic heterocycles. The average Bonchev–Trinajstić information content (AvgIpc) is 2.69. The Morgan fingerprint density at radius 1 is 1.15 bits per heavy atom. The van der Waals surface area contributed by atoms with Gasteiger partial charge in [0, 0.05) is 18.4 Å². The lowest BCUT2D eigenvalue weighted by atomic mass is 9.44. The van der Waals surface area contributed by atoms with E-state index in [2.05, 4.69) is 58.0 Å². The first-order chi connectivity index (χ1) is 12.9. The number of hydrogen-bond donors (Lipinski definition) is 0. The van der Waals surface area contributed by atoms with Crippen molar-refractivity contribution in [2.24, 2.45) is 23.2 Å². The summed E-state index contributed by atoms with van der Waals surface area (Å²) >= 11 is 0. The summed E-state index contributed by atoms with van der Waals surface area (Å²) in [6.45, 7) is 15.3. The summed E-state index contributed by atoms with van der Waals surface area (Å²) in [5.41, 5.74) is 1.76. The van der Waals surface area contributed by atoms with Gasteiger partial charge in [0.2, 0.25) is 5.72 Å². The van der Waals surface area contributed by atoms with Crippen LogP contribution in [-0.4, -0.2) is 43.1 Å². The third-order valence-corrected chi connectivity index (χ3v) is 8.58. The summed E-state index contributed by atoms with van der Waals surface area (Å²) in [4.78, 5) is 0. The van der Waals surface area contributed by atoms with Gasteiger partial charge in [-0.3, -0.25) is 4.48 Å². The van der Waals surface area contributed by atoms with E-state index in [1.165, 1.54) is 24.8 Å². The highest BCUT2D eigenvalue weighted by Gasteiger charge is 2.64. The number of rotatable bonds is 6. The lowest BCUT2D eigenvalue weighted by Crippen LogP contribution is -2.73. The number of morpholine rings is 1. The minimum atomic E-state index is -0.137. The second kappa shape index (κ2) is 7.17. The molecule has 3 aliphatic carbocycles. The normalized spacial score (nSPS) is 33.7. The number of ether oxygens (including phenoxy) is 2. The topological polar surface area (TPSA) is 18.5 Å². The lowest BCUT2D eigenvalue weighted by molar-refractivity contribution is -1.02. The monoisotopic (exact) mass is 372 g/mol. The SMILES string of the molecule is CCO[C@@](C)(C1CC[C@H]2CC1C2(C)C)[N+]1(Cc2ccccc2)CCOCC1. The molecule has 5 rings (SSSR count). The molecule has 1 heterocycles. The standard InChI is InChI=1S/C24H38NO2/c1-5-27-24(4,21-12-11-20-17-22(21)23(20,2)3)25(13-15-26-16-14-25)18-19-9-7-6-8-10-19/h6-10,20-22H,5,11-18H2,1-4H3/q+1/t20-,21?,22?,24-/m0/s1. The van der Waals surface area contributed by atoms with Gasteiger partial charge < -0.3 is 9.47 Å². The van der Waals surface area contributed by atoms with Crippen molar-refractivity contribution in [3.05, 3.63) is 35.9 Å². The van der Waals surface area contributed by atoms with Gasteiger partial charge in [-0.2, -0.15) is 0 Å². The van der Waals surface area contributed by atoms with Crippen LogP contribution in [0.25, 0.3) is 0 Å². The van der Waals surface area contributed by atoms with Crippen molar-refractivity contribution < 1.29 is 14.0 Å². The summed E-state index contributed by atoms with van der Waals surface area (Å²) in [5, 5.41) is 0. The van der Waals surface area contributed by atoms with E-state index in [-0.39, 0.29) is 5.72 Å². The first kappa shape index (κ1) is 19.4. The number of fused-ring (bicyclic) bond motifs is 2. The first-order valence-corrected chi connectivity index (χ1v) is 11.0. The molecule has 0 amide bonds. The fourth-order valence-corrected chi connectivity index (χ4v) is 6.72. The fraction of sp³-hybridized carbons (Fsp3) is 0.750. The number of benzene rings is 1. The van der Waals surface area contributed by atoms with Gasteiger partial charge in [0.1, 0.15) is 19.6 Å². The van der Waals surface area contributed by atoms with Crippen molar-refractivity contribution in [2.45, 2.75) is 59.2 Å². The van der Waals surface area contributed by atoms with Crippen LogP contribution in [0, 0.1) is 23.2 Å². The smallest absolute Gasteiger partial charge is 0.203 e. The minimum absolute atomic E-state index is 0.137. The van der Waals surface area contributed by atoms with E-state index in [1.807, 2.05) is 0 Å². The highest BCUT2D eigenvalue weighted by Crippen LogP contribution is 2.64. The molecular weight excluding hydrogens is 334 g/mol. The van der Waals surface area contributed by atoms with Gasteiger partial charge in [-0.1, -0.05) is 44.2 Å². The Bertz CT molecular complexity index is 635. The molecule has 3 heteroatoms. The molecular formula is C24H38NO2+. The Morgan fingerprint density at radius 2 is 1.85 bits per heavy atom. The second-order valence-corrected chi connectivity index (χ2v) is 9.88. The molecule has 4 fully saturated rings. The van der Waals surface area contributed by atoms with Crippen LogP contribution in [-0.2, 0) is 16.0 Å². The molecule has 1 aromatic carbocycles. The summed E-state index contributed by atoms with van der Waals surface area (Å²) in [6, 6.07) is 11.0. The van der Waals surface area contributed by atoms with Gasteiger partial charge in [-0.25, -0.2) is 0 Å². The van der Waals surface area contributed by atoms with Crippen molar-refractivity contribution in [1.82, 2.24) is 0 Å². The Kier molecular flexibility index (Phi) is 5.15. The highest BCUT2D eigenvalue weighted by atomic mass is 16.5. The van der Waals surface area contributed by atoms with E-state index in [0.29, 0.717) is 11.3 Å². The predicted molar refractivity (Wildman–Crippen MR) is 109 cm³/mol. The van der Waals surface area contributed by atoms with Crippen LogP contribution in [0.4, 0.5) is 0 Å². The van der Waals surface area contributed by atoms with Crippen molar-refractivity contribution in [3.8, 4) is 0 Å². The van der Waals surface area contributed by atoms with E-state index in [4.69, 9.17) is 9.47 Å². The third kappa shape index (κ3) is 3.07. The lowest BCUT2D eigenvalue weighted by Gasteiger charge is -2.66. The summed E-state index contributed by atoms with van der Waals surface area (Å²) in [7, 11) is 0. The van der Waals surface area contributed by atoms with Gasteiger partial charge in [0.15, 0.2) is 0 Å². The maximum atomic E-state index is 6.79. The Labute approximate surface area is 165 Å². The van der Waals surface area contributed by atoms with Gasteiger partial charge in [-0.05, 0) is 43.4 Å². The van der Waals surface area contributed by atoms with E-state index in [0.717, 1.165) is 55.8 Å². The van der Waals surface area contributed by atoms with Crippen molar-refractivity contribution in [2.75, 3.05) is 32.9 Å². The van der Waals surface area contributed by atoms with Crippen molar-refractivity contribution in [3.63, 3.8) is 0 Å². The molecule has 3 nitrogen and oxygen atoms in total. The summed E-state index contributed by atoms with van der Waals surface area (Å²) in [5.74, 6) is 2.36. The molecule has 0 spiro atoms. The van der Waals surface area contributed by atoms with E-state index < -0.39 is 0 Å². The maximum Gasteiger partial charge on any atom is 0.203 e. The summed E-state index contributed by atoms with van der Waals surface area (Å²) < 4.78 is 13.6. The zero-order valence-electron chi connectivity index (χ0n) is 17.7. The van der Waals surface area contributed by atoms with Crippen LogP contribution >= 0.6 is 0 Å². The van der Waals surface area contributed by atoms with Crippen molar-refractivity contribution in [1.29, 1.82) is 0 Å². The van der Waals surface area contributed by atoms with Crippen LogP contribution in [0.15, 0.2) is 30.3 Å². The largest absolute Gasteiger partial charge is 0.370 e. The first-order valence-electron chi connectivity index (χ1n) is 11.0. The van der Waals surface area contributed by atoms with Crippen LogP contribution in [0.5, 0.6) is 0 Å². The Morgan fingerprint density at radius 3 is 2.44 bits per heavy atom. The molecule has 0 N–H and O–H groups in total.